The van der Waals surface area contributed by atoms with Crippen LogP contribution in [0.4, 0.5) is 0 Å². The Balaban J connectivity index is 1.52. The number of amides is 1. The van der Waals surface area contributed by atoms with Gasteiger partial charge in [-0.05, 0) is 61.7 Å². The number of hydrogen-bond acceptors (Lipinski definition) is 3. The Morgan fingerprint density at radius 3 is 2.67 bits per heavy atom. The Hall–Kier alpha value is -3.01. The molecule has 4 heteroatoms. The molecule has 4 rings (SSSR count). The Kier molecular flexibility index (Phi) is 5.42. The smallest absolute Gasteiger partial charge is 0.261 e. The quantitative estimate of drug-likeness (QED) is 0.592. The number of aryl methyl sites for hydroxylation is 1. The molecule has 1 heterocycles. The zero-order valence-electron chi connectivity index (χ0n) is 18.1. The van der Waals surface area contributed by atoms with Crippen molar-refractivity contribution in [3.63, 3.8) is 0 Å². The molecule has 0 aromatic heterocycles. The summed E-state index contributed by atoms with van der Waals surface area (Å²) in [5.74, 6) is 1.46. The lowest BCUT2D eigenvalue weighted by molar-refractivity contribution is -0.129. The molecular weight excluding hydrogens is 374 g/mol. The number of nitrogens with one attached hydrogen (secondary N) is 1. The predicted octanol–water partition coefficient (Wildman–Crippen LogP) is 5.72. The minimum atomic E-state index is -0.550. The van der Waals surface area contributed by atoms with Crippen LogP contribution in [0.15, 0.2) is 60.7 Å². The van der Waals surface area contributed by atoms with E-state index in [9.17, 15) is 4.79 Å². The van der Waals surface area contributed by atoms with Crippen molar-refractivity contribution in [1.29, 1.82) is 0 Å². The van der Waals surface area contributed by atoms with Gasteiger partial charge in [-0.15, -0.1) is 0 Å². The highest BCUT2D eigenvalue weighted by atomic mass is 16.5. The minimum Gasteiger partial charge on any atom is -0.487 e. The molecule has 2 atom stereocenters. The van der Waals surface area contributed by atoms with Gasteiger partial charge in [-0.25, -0.2) is 0 Å². The van der Waals surface area contributed by atoms with Gasteiger partial charge in [-0.2, -0.15) is 0 Å². The standard InChI is InChI=1S/C26H29NO3/c1-5-23(29-20-12-11-18-8-6-7-9-19(18)15-20)25(28)27-22-16-26(3,4)30-24-14-17(2)10-13-21(22)24/h6-15,22-23H,5,16H2,1-4H3,(H,27,28). The van der Waals surface area contributed by atoms with Crippen LogP contribution in [0.1, 0.15) is 50.8 Å². The molecule has 0 aliphatic carbocycles. The second kappa shape index (κ2) is 8.02. The first-order chi connectivity index (χ1) is 14.3. The van der Waals surface area contributed by atoms with Gasteiger partial charge in [-0.3, -0.25) is 4.79 Å². The molecule has 156 valence electrons. The summed E-state index contributed by atoms with van der Waals surface area (Å²) in [4.78, 5) is 13.1. The molecule has 1 amide bonds. The molecule has 0 saturated heterocycles. The summed E-state index contributed by atoms with van der Waals surface area (Å²) in [7, 11) is 0. The fourth-order valence-corrected chi connectivity index (χ4v) is 4.08. The van der Waals surface area contributed by atoms with Crippen molar-refractivity contribution >= 4 is 16.7 Å². The Morgan fingerprint density at radius 1 is 1.13 bits per heavy atom. The van der Waals surface area contributed by atoms with Gasteiger partial charge in [0.25, 0.3) is 5.91 Å². The van der Waals surface area contributed by atoms with Gasteiger partial charge in [-0.1, -0.05) is 49.4 Å². The number of hydrogen-bond donors (Lipinski definition) is 1. The second-order valence-corrected chi connectivity index (χ2v) is 8.69. The van der Waals surface area contributed by atoms with E-state index in [1.807, 2.05) is 56.3 Å². The Morgan fingerprint density at radius 2 is 1.90 bits per heavy atom. The van der Waals surface area contributed by atoms with E-state index in [1.54, 1.807) is 0 Å². The molecule has 0 bridgehead atoms. The number of fused-ring (bicyclic) bond motifs is 2. The average Bonchev–Trinajstić information content (AvgIpc) is 2.70. The van der Waals surface area contributed by atoms with E-state index < -0.39 is 6.10 Å². The van der Waals surface area contributed by atoms with Crippen LogP contribution in [-0.4, -0.2) is 17.6 Å². The second-order valence-electron chi connectivity index (χ2n) is 8.69. The van der Waals surface area contributed by atoms with E-state index in [0.29, 0.717) is 18.6 Å². The summed E-state index contributed by atoms with van der Waals surface area (Å²) in [5.41, 5.74) is 1.82. The first kappa shape index (κ1) is 20.3. The van der Waals surface area contributed by atoms with E-state index in [-0.39, 0.29) is 17.6 Å². The van der Waals surface area contributed by atoms with Gasteiger partial charge in [0.1, 0.15) is 17.1 Å². The summed E-state index contributed by atoms with van der Waals surface area (Å²) in [5, 5.41) is 5.46. The van der Waals surface area contributed by atoms with Gasteiger partial charge < -0.3 is 14.8 Å². The highest BCUT2D eigenvalue weighted by Gasteiger charge is 2.35. The molecule has 0 spiro atoms. The predicted molar refractivity (Wildman–Crippen MR) is 120 cm³/mol. The number of rotatable bonds is 5. The maximum Gasteiger partial charge on any atom is 0.261 e. The molecule has 3 aromatic carbocycles. The van der Waals surface area contributed by atoms with Crippen LogP contribution in [0.25, 0.3) is 10.8 Å². The van der Waals surface area contributed by atoms with Crippen molar-refractivity contribution in [2.24, 2.45) is 0 Å². The molecule has 1 aliphatic rings. The van der Waals surface area contributed by atoms with Crippen molar-refractivity contribution in [3.8, 4) is 11.5 Å². The van der Waals surface area contributed by atoms with Crippen LogP contribution in [-0.2, 0) is 4.79 Å². The summed E-state index contributed by atoms with van der Waals surface area (Å²) in [6.45, 7) is 8.13. The molecule has 1 aliphatic heterocycles. The van der Waals surface area contributed by atoms with Crippen molar-refractivity contribution in [2.75, 3.05) is 0 Å². The minimum absolute atomic E-state index is 0.0973. The van der Waals surface area contributed by atoms with Crippen LogP contribution < -0.4 is 14.8 Å². The maximum absolute atomic E-state index is 13.1. The monoisotopic (exact) mass is 403 g/mol. The van der Waals surface area contributed by atoms with Gasteiger partial charge in [0.15, 0.2) is 6.10 Å². The van der Waals surface area contributed by atoms with Crippen molar-refractivity contribution in [3.05, 3.63) is 71.8 Å². The third-order valence-corrected chi connectivity index (χ3v) is 5.61. The summed E-state index contributed by atoms with van der Waals surface area (Å²) in [6.07, 6.45) is 0.749. The summed E-state index contributed by atoms with van der Waals surface area (Å²) < 4.78 is 12.2. The lowest BCUT2D eigenvalue weighted by Crippen LogP contribution is -2.45. The lowest BCUT2D eigenvalue weighted by Gasteiger charge is -2.38. The Labute approximate surface area is 178 Å². The molecule has 30 heavy (non-hydrogen) atoms. The molecule has 2 unspecified atom stereocenters. The SMILES string of the molecule is CCC(Oc1ccc2ccccc2c1)C(=O)NC1CC(C)(C)Oc2cc(C)ccc21. The molecule has 4 nitrogen and oxygen atoms in total. The molecule has 3 aromatic rings. The van der Waals surface area contributed by atoms with Gasteiger partial charge >= 0.3 is 0 Å². The van der Waals surface area contributed by atoms with E-state index in [1.165, 1.54) is 0 Å². The van der Waals surface area contributed by atoms with E-state index in [0.717, 1.165) is 27.6 Å². The van der Waals surface area contributed by atoms with Gasteiger partial charge in [0, 0.05) is 12.0 Å². The van der Waals surface area contributed by atoms with Gasteiger partial charge in [0.05, 0.1) is 6.04 Å². The normalized spacial score (nSPS) is 18.2. The highest BCUT2D eigenvalue weighted by Crippen LogP contribution is 2.40. The summed E-state index contributed by atoms with van der Waals surface area (Å²) >= 11 is 0. The summed E-state index contributed by atoms with van der Waals surface area (Å²) in [6, 6.07) is 20.1. The molecule has 1 N–H and O–H groups in total. The van der Waals surface area contributed by atoms with Crippen LogP contribution in [0, 0.1) is 6.92 Å². The number of ether oxygens (including phenoxy) is 2. The van der Waals surface area contributed by atoms with Crippen LogP contribution in [0.2, 0.25) is 0 Å². The van der Waals surface area contributed by atoms with Crippen LogP contribution >= 0.6 is 0 Å². The third-order valence-electron chi connectivity index (χ3n) is 5.61. The van der Waals surface area contributed by atoms with Crippen molar-refractivity contribution in [1.82, 2.24) is 5.32 Å². The zero-order chi connectivity index (χ0) is 21.3. The highest BCUT2D eigenvalue weighted by molar-refractivity contribution is 5.84. The first-order valence-corrected chi connectivity index (χ1v) is 10.6. The zero-order valence-corrected chi connectivity index (χ0v) is 18.1. The van der Waals surface area contributed by atoms with E-state index >= 15 is 0 Å². The molecule has 0 radical (unpaired) electrons. The molecular formula is C26H29NO3. The topological polar surface area (TPSA) is 47.6 Å². The lowest BCUT2D eigenvalue weighted by atomic mass is 9.89. The maximum atomic E-state index is 13.1. The largest absolute Gasteiger partial charge is 0.487 e. The first-order valence-electron chi connectivity index (χ1n) is 10.6. The van der Waals surface area contributed by atoms with Crippen molar-refractivity contribution in [2.45, 2.75) is 58.3 Å². The van der Waals surface area contributed by atoms with E-state index in [2.05, 4.69) is 37.4 Å². The number of carbonyl (C=O) groups is 1. The number of benzene rings is 3. The molecule has 0 fully saturated rings. The fourth-order valence-electron chi connectivity index (χ4n) is 4.08. The number of carbonyl (C=O) groups excluding carboxylic acids is 1. The van der Waals surface area contributed by atoms with E-state index in [4.69, 9.17) is 9.47 Å². The van der Waals surface area contributed by atoms with Crippen LogP contribution in [0.3, 0.4) is 0 Å². The Bertz CT molecular complexity index is 1070. The fraction of sp³-hybridized carbons (Fsp3) is 0.346. The molecule has 0 saturated carbocycles. The third kappa shape index (κ3) is 4.28. The van der Waals surface area contributed by atoms with Crippen molar-refractivity contribution < 1.29 is 14.3 Å². The average molecular weight is 404 g/mol. The van der Waals surface area contributed by atoms with Crippen LogP contribution in [0.5, 0.6) is 11.5 Å². The van der Waals surface area contributed by atoms with Gasteiger partial charge in [0.2, 0.25) is 0 Å².